The fraction of sp³-hybridized carbons (Fsp3) is 0.857. The van der Waals surface area contributed by atoms with Gasteiger partial charge in [0.15, 0.2) is 0 Å². The van der Waals surface area contributed by atoms with Crippen molar-refractivity contribution in [3.8, 4) is 0 Å². The zero-order chi connectivity index (χ0) is 8.99. The molecule has 0 aliphatic heterocycles. The summed E-state index contributed by atoms with van der Waals surface area (Å²) in [4.78, 5) is 0. The van der Waals surface area contributed by atoms with E-state index >= 15 is 0 Å². The molecule has 64 valence electrons. The van der Waals surface area contributed by atoms with Crippen molar-refractivity contribution in [3.63, 3.8) is 0 Å². The normalized spacial score (nSPS) is 7.00. The third-order valence-corrected chi connectivity index (χ3v) is 0.856. The molecule has 0 amide bonds. The van der Waals surface area contributed by atoms with Crippen LogP contribution in [0.1, 0.15) is 20.8 Å². The van der Waals surface area contributed by atoms with Gasteiger partial charge in [0, 0.05) is 13.6 Å². The van der Waals surface area contributed by atoms with Gasteiger partial charge in [0.1, 0.15) is 0 Å². The lowest BCUT2D eigenvalue weighted by atomic mass is 10.7. The summed E-state index contributed by atoms with van der Waals surface area (Å²) in [6.07, 6.45) is 0. The lowest BCUT2D eigenvalue weighted by Crippen LogP contribution is -2.29. The molecule has 0 fully saturated rings. The molecule has 0 aromatic carbocycles. The molecule has 2 N–H and O–H groups in total. The molecule has 0 unspecified atom stereocenters. The Balaban J connectivity index is -0.000000105. The van der Waals surface area contributed by atoms with E-state index < -0.39 is 0 Å². The van der Waals surface area contributed by atoms with Crippen LogP contribution in [0, 0.1) is 5.41 Å². The van der Waals surface area contributed by atoms with Crippen LogP contribution in [0.4, 0.5) is 0 Å². The van der Waals surface area contributed by atoms with E-state index in [9.17, 15) is 0 Å². The van der Waals surface area contributed by atoms with Gasteiger partial charge in [-0.25, -0.2) is 5.01 Å². The molecule has 0 aliphatic rings. The molecular weight excluding hydrogens is 126 g/mol. The number of hydrazine groups is 1. The summed E-state index contributed by atoms with van der Waals surface area (Å²) >= 11 is 0. The predicted molar refractivity (Wildman–Crippen MR) is 48.6 cm³/mol. The highest BCUT2D eigenvalue weighted by Gasteiger charge is 1.79. The number of nitrogens with one attached hydrogen (secondary N) is 2. The summed E-state index contributed by atoms with van der Waals surface area (Å²) < 4.78 is 0. The summed E-state index contributed by atoms with van der Waals surface area (Å²) in [6, 6.07) is 0. The van der Waals surface area contributed by atoms with Crippen LogP contribution in [0.25, 0.3) is 0 Å². The first-order valence-corrected chi connectivity index (χ1v) is 3.55. The molecule has 0 radical (unpaired) electrons. The number of rotatable bonds is 2. The third kappa shape index (κ3) is 25.6. The van der Waals surface area contributed by atoms with Gasteiger partial charge in [0.05, 0.1) is 0 Å². The molecule has 0 saturated heterocycles. The van der Waals surface area contributed by atoms with Crippen LogP contribution in [0.5, 0.6) is 0 Å². The van der Waals surface area contributed by atoms with Crippen molar-refractivity contribution in [1.29, 1.82) is 5.41 Å². The Bertz CT molecular complexity index is 35.8. The van der Waals surface area contributed by atoms with E-state index in [0.717, 1.165) is 6.54 Å². The Hall–Kier alpha value is -0.410. The van der Waals surface area contributed by atoms with E-state index in [1.54, 1.807) is 0 Å². The van der Waals surface area contributed by atoms with Crippen LogP contribution in [0.15, 0.2) is 0 Å². The molecule has 10 heavy (non-hydrogen) atoms. The number of hydrogen-bond acceptors (Lipinski definition) is 3. The van der Waals surface area contributed by atoms with Crippen LogP contribution >= 0.6 is 0 Å². The average Bonchev–Trinajstić information content (AvgIpc) is 2.10. The molecular formula is C7H21N3. The minimum Gasteiger partial charge on any atom is -0.317 e. The highest BCUT2D eigenvalue weighted by molar-refractivity contribution is 5.15. The fourth-order valence-corrected chi connectivity index (χ4v) is 0.158. The van der Waals surface area contributed by atoms with E-state index in [2.05, 4.69) is 19.1 Å². The third-order valence-electron chi connectivity index (χ3n) is 0.856. The van der Waals surface area contributed by atoms with E-state index in [0.29, 0.717) is 0 Å². The van der Waals surface area contributed by atoms with Crippen molar-refractivity contribution < 1.29 is 0 Å². The van der Waals surface area contributed by atoms with Gasteiger partial charge >= 0.3 is 0 Å². The van der Waals surface area contributed by atoms with Gasteiger partial charge < -0.3 is 5.41 Å². The molecule has 0 spiro atoms. The minimum atomic E-state index is 1.05. The highest BCUT2D eigenvalue weighted by atomic mass is 15.5. The van der Waals surface area contributed by atoms with Gasteiger partial charge in [-0.3, -0.25) is 5.43 Å². The largest absolute Gasteiger partial charge is 0.317 e. The highest BCUT2D eigenvalue weighted by Crippen LogP contribution is 1.64. The molecule has 0 saturated carbocycles. The lowest BCUT2D eigenvalue weighted by molar-refractivity contribution is 0.275. The van der Waals surface area contributed by atoms with Crippen LogP contribution < -0.4 is 5.43 Å². The maximum atomic E-state index is 5.50. The SMILES string of the molecule is C=N.CC.CCN(C)NC. The Kier molecular flexibility index (Phi) is 38.3. The first kappa shape index (κ1) is 16.3. The number of nitrogens with zero attached hydrogens (tertiary/aromatic N) is 1. The van der Waals surface area contributed by atoms with Gasteiger partial charge in [-0.2, -0.15) is 0 Å². The van der Waals surface area contributed by atoms with E-state index in [-0.39, 0.29) is 0 Å². The Morgan fingerprint density at radius 3 is 1.70 bits per heavy atom. The van der Waals surface area contributed by atoms with Gasteiger partial charge in [-0.05, 0) is 13.8 Å². The van der Waals surface area contributed by atoms with Crippen molar-refractivity contribution in [3.05, 3.63) is 0 Å². The average molecular weight is 147 g/mol. The molecule has 0 aromatic rings. The van der Waals surface area contributed by atoms with Crippen molar-refractivity contribution in [2.45, 2.75) is 20.8 Å². The second-order valence-corrected chi connectivity index (χ2v) is 1.24. The molecule has 0 aromatic heterocycles. The summed E-state index contributed by atoms with van der Waals surface area (Å²) in [5.74, 6) is 0. The standard InChI is InChI=1S/C4H12N2.C2H6.CH3N/c1-4-6(3)5-2;2*1-2/h5H,4H2,1-3H3;1-2H3;2H,1H2. The Labute approximate surface area is 64.9 Å². The van der Waals surface area contributed by atoms with Gasteiger partial charge in [0.2, 0.25) is 0 Å². The van der Waals surface area contributed by atoms with E-state index in [1.807, 2.05) is 33.0 Å². The molecule has 3 heteroatoms. The topological polar surface area (TPSA) is 39.1 Å². The Morgan fingerprint density at radius 2 is 1.70 bits per heavy atom. The molecule has 0 atom stereocenters. The molecule has 0 heterocycles. The first-order chi connectivity index (χ1) is 4.81. The quantitative estimate of drug-likeness (QED) is 0.457. The molecule has 0 aliphatic carbocycles. The summed E-state index contributed by atoms with van der Waals surface area (Å²) in [5, 5.41) is 7.50. The van der Waals surface area contributed by atoms with Crippen LogP contribution in [-0.4, -0.2) is 32.4 Å². The Morgan fingerprint density at radius 1 is 1.40 bits per heavy atom. The summed E-state index contributed by atoms with van der Waals surface area (Å²) in [6.45, 7) is 9.65. The predicted octanol–water partition coefficient (Wildman–Crippen LogP) is 1.36. The van der Waals surface area contributed by atoms with E-state index in [1.165, 1.54) is 0 Å². The van der Waals surface area contributed by atoms with Crippen molar-refractivity contribution >= 4 is 6.72 Å². The van der Waals surface area contributed by atoms with Crippen molar-refractivity contribution in [2.24, 2.45) is 0 Å². The monoisotopic (exact) mass is 147 g/mol. The smallest absolute Gasteiger partial charge is 0.00988 e. The van der Waals surface area contributed by atoms with Crippen molar-refractivity contribution in [1.82, 2.24) is 10.4 Å². The summed E-state index contributed by atoms with van der Waals surface area (Å²) in [7, 11) is 3.91. The minimum absolute atomic E-state index is 1.05. The number of hydrogen-bond donors (Lipinski definition) is 2. The molecule has 0 bridgehead atoms. The zero-order valence-electron chi connectivity index (χ0n) is 7.86. The zero-order valence-corrected chi connectivity index (χ0v) is 7.86. The lowest BCUT2D eigenvalue weighted by Gasteiger charge is -2.09. The molecule has 0 rings (SSSR count). The van der Waals surface area contributed by atoms with Gasteiger partial charge in [0.25, 0.3) is 0 Å². The van der Waals surface area contributed by atoms with Gasteiger partial charge in [-0.1, -0.05) is 20.8 Å². The molecule has 3 nitrogen and oxygen atoms in total. The van der Waals surface area contributed by atoms with E-state index in [4.69, 9.17) is 5.41 Å². The maximum absolute atomic E-state index is 5.50. The second-order valence-electron chi connectivity index (χ2n) is 1.24. The van der Waals surface area contributed by atoms with Crippen LogP contribution in [-0.2, 0) is 0 Å². The van der Waals surface area contributed by atoms with Crippen LogP contribution in [0.2, 0.25) is 0 Å². The van der Waals surface area contributed by atoms with Crippen LogP contribution in [0.3, 0.4) is 0 Å². The summed E-state index contributed by atoms with van der Waals surface area (Å²) in [5.41, 5.74) is 2.95. The second kappa shape index (κ2) is 23.5. The fourth-order valence-electron chi connectivity index (χ4n) is 0.158. The first-order valence-electron chi connectivity index (χ1n) is 3.55. The maximum Gasteiger partial charge on any atom is 0.00988 e. The van der Waals surface area contributed by atoms with Gasteiger partial charge in [-0.15, -0.1) is 0 Å². The van der Waals surface area contributed by atoms with Crippen molar-refractivity contribution in [2.75, 3.05) is 20.6 Å².